The lowest BCUT2D eigenvalue weighted by atomic mass is 10.1. The van der Waals surface area contributed by atoms with E-state index in [4.69, 9.17) is 21.3 Å². The molecule has 8 heteroatoms. The summed E-state index contributed by atoms with van der Waals surface area (Å²) in [6.45, 7) is 2.11. The molecule has 0 radical (unpaired) electrons. The van der Waals surface area contributed by atoms with Crippen molar-refractivity contribution in [2.24, 2.45) is 0 Å². The molecule has 0 spiro atoms. The van der Waals surface area contributed by atoms with Crippen LogP contribution in [0.25, 0.3) is 10.9 Å². The molecule has 0 amide bonds. The van der Waals surface area contributed by atoms with Gasteiger partial charge in [-0.05, 0) is 62.4 Å². The molecular formula is C26H27ClN6O. The number of ether oxygens (including phenoxy) is 1. The fourth-order valence-electron chi connectivity index (χ4n) is 4.13. The summed E-state index contributed by atoms with van der Waals surface area (Å²) < 4.78 is 6.31. The van der Waals surface area contributed by atoms with E-state index in [0.29, 0.717) is 11.0 Å². The number of halogens is 1. The number of pyridine rings is 1. The molecule has 3 heterocycles. The molecule has 0 aliphatic carbocycles. The molecule has 5 rings (SSSR count). The maximum atomic E-state index is 6.59. The van der Waals surface area contributed by atoms with Gasteiger partial charge in [0.2, 0.25) is 5.95 Å². The first-order chi connectivity index (χ1) is 16.6. The third-order valence-corrected chi connectivity index (χ3v) is 6.41. The van der Waals surface area contributed by atoms with E-state index in [1.54, 1.807) is 6.20 Å². The van der Waals surface area contributed by atoms with E-state index in [1.165, 1.54) is 0 Å². The lowest BCUT2D eigenvalue weighted by Gasteiger charge is -2.29. The number of rotatable bonds is 6. The molecule has 0 unspecified atom stereocenters. The lowest BCUT2D eigenvalue weighted by Crippen LogP contribution is -2.35. The van der Waals surface area contributed by atoms with Gasteiger partial charge in [0.05, 0.1) is 21.6 Å². The van der Waals surface area contributed by atoms with Crippen molar-refractivity contribution < 1.29 is 4.74 Å². The van der Waals surface area contributed by atoms with Gasteiger partial charge in [-0.1, -0.05) is 23.7 Å². The number of nitrogens with one attached hydrogen (secondary N) is 1. The van der Waals surface area contributed by atoms with Gasteiger partial charge in [0.25, 0.3) is 0 Å². The van der Waals surface area contributed by atoms with E-state index in [9.17, 15) is 0 Å². The van der Waals surface area contributed by atoms with Gasteiger partial charge in [-0.3, -0.25) is 0 Å². The van der Waals surface area contributed by atoms with Gasteiger partial charge in [-0.15, -0.1) is 0 Å². The number of fused-ring (bicyclic) bond motifs is 1. The van der Waals surface area contributed by atoms with Crippen LogP contribution in [0.4, 0.5) is 23.1 Å². The van der Waals surface area contributed by atoms with Gasteiger partial charge in [-0.2, -0.15) is 0 Å². The second-order valence-corrected chi connectivity index (χ2v) is 8.95. The van der Waals surface area contributed by atoms with Crippen molar-refractivity contribution in [2.45, 2.75) is 18.9 Å². The Labute approximate surface area is 204 Å². The molecule has 1 N–H and O–H groups in total. The SMILES string of the molecule is CN1CCC(Oc2cccc3nc(Nc4ccc(N(C)c5ccccn5)c(Cl)c4)ncc23)CC1. The smallest absolute Gasteiger partial charge is 0.227 e. The Balaban J connectivity index is 1.32. The Hall–Kier alpha value is -3.42. The fourth-order valence-corrected chi connectivity index (χ4v) is 4.44. The van der Waals surface area contributed by atoms with Crippen LogP contribution in [0.5, 0.6) is 5.75 Å². The minimum absolute atomic E-state index is 0.226. The van der Waals surface area contributed by atoms with Crippen molar-refractivity contribution >= 4 is 45.6 Å². The molecule has 1 fully saturated rings. The highest BCUT2D eigenvalue weighted by Crippen LogP contribution is 2.33. The number of piperidine rings is 1. The van der Waals surface area contributed by atoms with Crippen LogP contribution in [0.1, 0.15) is 12.8 Å². The topological polar surface area (TPSA) is 66.4 Å². The first-order valence-corrected chi connectivity index (χ1v) is 11.8. The van der Waals surface area contributed by atoms with Crippen molar-refractivity contribution in [1.29, 1.82) is 0 Å². The molecule has 174 valence electrons. The summed E-state index contributed by atoms with van der Waals surface area (Å²) in [5, 5.41) is 4.78. The van der Waals surface area contributed by atoms with Gasteiger partial charge in [0.15, 0.2) is 0 Å². The van der Waals surface area contributed by atoms with Gasteiger partial charge in [0, 0.05) is 38.2 Å². The summed E-state index contributed by atoms with van der Waals surface area (Å²) in [6.07, 6.45) is 5.86. The van der Waals surface area contributed by atoms with E-state index < -0.39 is 0 Å². The van der Waals surface area contributed by atoms with E-state index in [2.05, 4.69) is 27.2 Å². The molecule has 7 nitrogen and oxygen atoms in total. The minimum Gasteiger partial charge on any atom is -0.490 e. The van der Waals surface area contributed by atoms with E-state index in [0.717, 1.165) is 59.8 Å². The molecule has 1 aliphatic heterocycles. The van der Waals surface area contributed by atoms with Gasteiger partial charge in [0.1, 0.15) is 17.7 Å². The standard InChI is InChI=1S/C26H27ClN6O/c1-32-14-11-19(12-15-32)34-24-7-5-6-22-20(24)17-29-26(31-22)30-18-9-10-23(21(27)16-18)33(2)25-8-3-4-13-28-25/h3-10,13,16-17,19H,11-12,14-15H2,1-2H3,(H,29,30,31). The molecule has 34 heavy (non-hydrogen) atoms. The van der Waals surface area contributed by atoms with Crippen molar-refractivity contribution in [2.75, 3.05) is 37.4 Å². The molecule has 4 aromatic rings. The lowest BCUT2D eigenvalue weighted by molar-refractivity contribution is 0.115. The second-order valence-electron chi connectivity index (χ2n) is 8.54. The van der Waals surface area contributed by atoms with Crippen LogP contribution in [0.15, 0.2) is 67.0 Å². The maximum absolute atomic E-state index is 6.59. The largest absolute Gasteiger partial charge is 0.490 e. The average molecular weight is 475 g/mol. The molecule has 0 saturated carbocycles. The predicted octanol–water partition coefficient (Wildman–Crippen LogP) is 5.66. The zero-order chi connectivity index (χ0) is 23.5. The zero-order valence-electron chi connectivity index (χ0n) is 19.3. The van der Waals surface area contributed by atoms with Crippen LogP contribution >= 0.6 is 11.6 Å². The molecule has 2 aromatic carbocycles. The highest BCUT2D eigenvalue weighted by Gasteiger charge is 2.19. The monoisotopic (exact) mass is 474 g/mol. The first-order valence-electron chi connectivity index (χ1n) is 11.4. The van der Waals surface area contributed by atoms with E-state index >= 15 is 0 Å². The van der Waals surface area contributed by atoms with E-state index in [-0.39, 0.29) is 6.10 Å². The number of hydrogen-bond donors (Lipinski definition) is 1. The average Bonchev–Trinajstić information content (AvgIpc) is 2.86. The summed E-state index contributed by atoms with van der Waals surface area (Å²) in [5.41, 5.74) is 2.50. The van der Waals surface area contributed by atoms with Crippen molar-refractivity contribution in [3.63, 3.8) is 0 Å². The Kier molecular flexibility index (Phi) is 6.47. The number of likely N-dealkylation sites (tertiary alicyclic amines) is 1. The quantitative estimate of drug-likeness (QED) is 0.386. The molecule has 0 atom stereocenters. The number of anilines is 4. The summed E-state index contributed by atoms with van der Waals surface area (Å²) >= 11 is 6.59. The van der Waals surface area contributed by atoms with Crippen molar-refractivity contribution in [1.82, 2.24) is 19.9 Å². The first kappa shape index (κ1) is 22.4. The van der Waals surface area contributed by atoms with E-state index in [1.807, 2.05) is 72.7 Å². The maximum Gasteiger partial charge on any atom is 0.227 e. The zero-order valence-corrected chi connectivity index (χ0v) is 20.0. The third kappa shape index (κ3) is 4.90. The highest BCUT2D eigenvalue weighted by atomic mass is 35.5. The van der Waals surface area contributed by atoms with Crippen LogP contribution in [-0.4, -0.2) is 53.1 Å². The summed E-state index contributed by atoms with van der Waals surface area (Å²) in [7, 11) is 4.09. The number of benzene rings is 2. The number of aromatic nitrogens is 3. The third-order valence-electron chi connectivity index (χ3n) is 6.10. The summed E-state index contributed by atoms with van der Waals surface area (Å²) in [5.74, 6) is 2.16. The Bertz CT molecular complexity index is 1280. The number of hydrogen-bond acceptors (Lipinski definition) is 7. The van der Waals surface area contributed by atoms with Crippen molar-refractivity contribution in [3.8, 4) is 5.75 Å². The van der Waals surface area contributed by atoms with Gasteiger partial charge >= 0.3 is 0 Å². The van der Waals surface area contributed by atoms with Crippen LogP contribution in [0.2, 0.25) is 5.02 Å². The second kappa shape index (κ2) is 9.83. The summed E-state index contributed by atoms with van der Waals surface area (Å²) in [6, 6.07) is 17.5. The van der Waals surface area contributed by atoms with Crippen LogP contribution in [0.3, 0.4) is 0 Å². The highest BCUT2D eigenvalue weighted by molar-refractivity contribution is 6.33. The van der Waals surface area contributed by atoms with Crippen molar-refractivity contribution in [3.05, 3.63) is 72.0 Å². The van der Waals surface area contributed by atoms with Gasteiger partial charge in [-0.25, -0.2) is 15.0 Å². The molecule has 1 saturated heterocycles. The fraction of sp³-hybridized carbons (Fsp3) is 0.269. The van der Waals surface area contributed by atoms with Crippen LogP contribution < -0.4 is 15.0 Å². The van der Waals surface area contributed by atoms with Crippen LogP contribution in [-0.2, 0) is 0 Å². The minimum atomic E-state index is 0.226. The number of nitrogens with zero attached hydrogens (tertiary/aromatic N) is 5. The molecule has 2 aromatic heterocycles. The van der Waals surface area contributed by atoms with Crippen LogP contribution in [0, 0.1) is 0 Å². The molecular weight excluding hydrogens is 448 g/mol. The summed E-state index contributed by atoms with van der Waals surface area (Å²) in [4.78, 5) is 17.9. The normalized spacial score (nSPS) is 14.8. The Morgan fingerprint density at radius 2 is 1.91 bits per heavy atom. The van der Waals surface area contributed by atoms with Gasteiger partial charge < -0.3 is 19.9 Å². The Morgan fingerprint density at radius 1 is 1.06 bits per heavy atom. The molecule has 0 bridgehead atoms. The molecule has 1 aliphatic rings. The predicted molar refractivity (Wildman–Crippen MR) is 138 cm³/mol. The Morgan fingerprint density at radius 3 is 2.68 bits per heavy atom.